The Morgan fingerprint density at radius 2 is 1.33 bits per heavy atom. The van der Waals surface area contributed by atoms with Crippen molar-refractivity contribution in [3.05, 3.63) is 186 Å². The molecule has 7 aromatic carbocycles. The molecule has 12 rings (SSSR count). The van der Waals surface area contributed by atoms with E-state index in [1.54, 1.807) is 0 Å². The second-order valence-corrected chi connectivity index (χ2v) is 16.1. The summed E-state index contributed by atoms with van der Waals surface area (Å²) in [5.74, 6) is 0.381. The first kappa shape index (κ1) is 30.3. The second kappa shape index (κ2) is 11.6. The van der Waals surface area contributed by atoms with Crippen LogP contribution in [0, 0.1) is 5.92 Å². The molecule has 254 valence electrons. The minimum Gasteiger partial charge on any atom is -0.456 e. The third kappa shape index (κ3) is 4.50. The van der Waals surface area contributed by atoms with Gasteiger partial charge in [0.25, 0.3) is 0 Å². The van der Waals surface area contributed by atoms with Crippen LogP contribution in [0.1, 0.15) is 24.8 Å². The van der Waals surface area contributed by atoms with Gasteiger partial charge in [-0.1, -0.05) is 127 Å². The van der Waals surface area contributed by atoms with Gasteiger partial charge in [-0.05, 0) is 127 Å². The van der Waals surface area contributed by atoms with E-state index in [2.05, 4.69) is 164 Å². The largest absolute Gasteiger partial charge is 0.456 e. The van der Waals surface area contributed by atoms with Gasteiger partial charge < -0.3 is 4.42 Å². The van der Waals surface area contributed by atoms with Crippen LogP contribution < -0.4 is 0 Å². The highest BCUT2D eigenvalue weighted by atomic mass is 32.1. The Kier molecular flexibility index (Phi) is 6.52. The standard InChI is InChI=1S/C52H34OS/c1-2-10-31(11-3-1)32-18-19-34-27-36(21-20-33(34)26-32)50-38-12-4-6-14-40(38)51(41-15-7-5-13-39(41)50)37-22-24-46-44(28-37)45-30-43-35(29-47(45)53-46)23-25-49-52(43)42-16-8-9-17-48(42)54-49/h1-2,4-10,12-26,28-30,34H,3,11,27H2. The van der Waals surface area contributed by atoms with E-state index in [1.807, 2.05) is 11.3 Å². The predicted octanol–water partition coefficient (Wildman–Crippen LogP) is 15.2. The van der Waals surface area contributed by atoms with E-state index in [0.29, 0.717) is 5.92 Å². The van der Waals surface area contributed by atoms with Gasteiger partial charge in [0.2, 0.25) is 0 Å². The van der Waals surface area contributed by atoms with Crippen molar-refractivity contribution in [1.82, 2.24) is 0 Å². The van der Waals surface area contributed by atoms with Crippen LogP contribution in [0.2, 0.25) is 0 Å². The van der Waals surface area contributed by atoms with Gasteiger partial charge in [-0.15, -0.1) is 11.3 Å². The van der Waals surface area contributed by atoms with Crippen molar-refractivity contribution in [3.63, 3.8) is 0 Å². The van der Waals surface area contributed by atoms with Crippen LogP contribution in [0.15, 0.2) is 185 Å². The monoisotopic (exact) mass is 706 g/mol. The van der Waals surface area contributed by atoms with Crippen molar-refractivity contribution in [2.45, 2.75) is 19.3 Å². The van der Waals surface area contributed by atoms with Crippen molar-refractivity contribution >= 4 is 91.3 Å². The van der Waals surface area contributed by atoms with E-state index in [4.69, 9.17) is 4.42 Å². The third-order valence-electron chi connectivity index (χ3n) is 12.0. The van der Waals surface area contributed by atoms with Crippen molar-refractivity contribution in [3.8, 4) is 11.1 Å². The summed E-state index contributed by atoms with van der Waals surface area (Å²) >= 11 is 1.87. The van der Waals surface area contributed by atoms with Crippen LogP contribution in [-0.2, 0) is 0 Å². The predicted molar refractivity (Wildman–Crippen MR) is 232 cm³/mol. The summed E-state index contributed by atoms with van der Waals surface area (Å²) in [5, 5.41) is 12.7. The summed E-state index contributed by atoms with van der Waals surface area (Å²) in [7, 11) is 0. The Morgan fingerprint density at radius 1 is 0.574 bits per heavy atom. The van der Waals surface area contributed by atoms with E-state index in [9.17, 15) is 0 Å². The average molecular weight is 707 g/mol. The normalized spacial score (nSPS) is 17.1. The minimum absolute atomic E-state index is 0.381. The molecule has 1 nitrogen and oxygen atoms in total. The lowest BCUT2D eigenvalue weighted by Gasteiger charge is -2.27. The number of rotatable bonds is 3. The number of hydrogen-bond acceptors (Lipinski definition) is 2. The Balaban J connectivity index is 1.05. The SMILES string of the molecule is C1=CCCC(C2=CC3=CC=C(c4c5ccccc5c(-c5ccc6oc7cc8ccc9sc%10ccccc%10c9c8cc7c6c5)c5ccccc45)CC3C=C2)=C1. The fourth-order valence-corrected chi connectivity index (χ4v) is 10.6. The highest BCUT2D eigenvalue weighted by molar-refractivity contribution is 7.26. The number of hydrogen-bond donors (Lipinski definition) is 0. The Hall–Kier alpha value is -6.22. The van der Waals surface area contributed by atoms with Gasteiger partial charge >= 0.3 is 0 Å². The van der Waals surface area contributed by atoms with Gasteiger partial charge in [-0.25, -0.2) is 0 Å². The molecule has 0 spiro atoms. The molecule has 0 N–H and O–H groups in total. The maximum Gasteiger partial charge on any atom is 0.136 e. The van der Waals surface area contributed by atoms with Crippen LogP contribution >= 0.6 is 11.3 Å². The summed E-state index contributed by atoms with van der Waals surface area (Å²) in [6, 6.07) is 42.8. The lowest BCUT2D eigenvalue weighted by molar-refractivity contribution is 0.669. The molecule has 0 aliphatic heterocycles. The molecule has 0 saturated heterocycles. The first-order chi connectivity index (χ1) is 26.7. The molecule has 3 aliphatic rings. The van der Waals surface area contributed by atoms with Crippen LogP contribution in [0.5, 0.6) is 0 Å². The molecule has 2 heteroatoms. The summed E-state index contributed by atoms with van der Waals surface area (Å²) in [5.41, 5.74) is 11.3. The molecular weight excluding hydrogens is 673 g/mol. The lowest BCUT2D eigenvalue weighted by atomic mass is 9.77. The van der Waals surface area contributed by atoms with Crippen molar-refractivity contribution in [1.29, 1.82) is 0 Å². The van der Waals surface area contributed by atoms with E-state index >= 15 is 0 Å². The fourth-order valence-electron chi connectivity index (χ4n) is 9.51. The molecule has 0 bridgehead atoms. The molecule has 0 amide bonds. The first-order valence-corrected chi connectivity index (χ1v) is 19.9. The Labute approximate surface area is 316 Å². The minimum atomic E-state index is 0.381. The maximum absolute atomic E-state index is 6.56. The Morgan fingerprint density at radius 3 is 2.13 bits per heavy atom. The molecule has 54 heavy (non-hydrogen) atoms. The van der Waals surface area contributed by atoms with Crippen LogP contribution in [0.4, 0.5) is 0 Å². The van der Waals surface area contributed by atoms with E-state index < -0.39 is 0 Å². The van der Waals surface area contributed by atoms with Gasteiger partial charge in [-0.2, -0.15) is 0 Å². The van der Waals surface area contributed by atoms with Crippen LogP contribution in [0.25, 0.3) is 91.1 Å². The smallest absolute Gasteiger partial charge is 0.136 e. The molecule has 1 unspecified atom stereocenters. The van der Waals surface area contributed by atoms with Gasteiger partial charge in [0, 0.05) is 36.9 Å². The number of allylic oxidation sites excluding steroid dienone is 12. The molecule has 3 aliphatic carbocycles. The van der Waals surface area contributed by atoms with Gasteiger partial charge in [0.1, 0.15) is 11.2 Å². The van der Waals surface area contributed by atoms with Crippen molar-refractivity contribution in [2.24, 2.45) is 5.92 Å². The zero-order chi connectivity index (χ0) is 35.3. The lowest BCUT2D eigenvalue weighted by Crippen LogP contribution is -2.10. The number of furan rings is 1. The zero-order valence-electron chi connectivity index (χ0n) is 29.6. The van der Waals surface area contributed by atoms with Crippen LogP contribution in [0.3, 0.4) is 0 Å². The maximum atomic E-state index is 6.56. The second-order valence-electron chi connectivity index (χ2n) is 15.0. The molecule has 2 aromatic heterocycles. The number of fused-ring (bicyclic) bond motifs is 11. The highest BCUT2D eigenvalue weighted by Gasteiger charge is 2.25. The van der Waals surface area contributed by atoms with Gasteiger partial charge in [0.15, 0.2) is 0 Å². The zero-order valence-corrected chi connectivity index (χ0v) is 30.4. The molecule has 9 aromatic rings. The fraction of sp³-hybridized carbons (Fsp3) is 0.0769. The summed E-state index contributed by atoms with van der Waals surface area (Å²) in [6.07, 6.45) is 22.0. The molecular formula is C52H34OS. The Bertz CT molecular complexity index is 3240. The number of thiophene rings is 1. The summed E-state index contributed by atoms with van der Waals surface area (Å²) < 4.78 is 9.22. The topological polar surface area (TPSA) is 13.1 Å². The highest BCUT2D eigenvalue weighted by Crippen LogP contribution is 2.47. The quantitative estimate of drug-likeness (QED) is 0.167. The number of benzene rings is 7. The van der Waals surface area contributed by atoms with Crippen molar-refractivity contribution in [2.75, 3.05) is 0 Å². The van der Waals surface area contributed by atoms with Crippen LogP contribution in [-0.4, -0.2) is 0 Å². The van der Waals surface area contributed by atoms with Gasteiger partial charge in [-0.3, -0.25) is 0 Å². The summed E-state index contributed by atoms with van der Waals surface area (Å²) in [6.45, 7) is 0. The van der Waals surface area contributed by atoms with Crippen molar-refractivity contribution < 1.29 is 4.42 Å². The molecule has 2 heterocycles. The summed E-state index contributed by atoms with van der Waals surface area (Å²) in [4.78, 5) is 0. The van der Waals surface area contributed by atoms with E-state index in [-0.39, 0.29) is 0 Å². The average Bonchev–Trinajstić information content (AvgIpc) is 3.79. The third-order valence-corrected chi connectivity index (χ3v) is 13.2. The molecule has 0 fully saturated rings. The van der Waals surface area contributed by atoms with Gasteiger partial charge in [0.05, 0.1) is 0 Å². The van der Waals surface area contributed by atoms with E-state index in [1.165, 1.54) is 91.5 Å². The molecule has 1 atom stereocenters. The molecule has 0 saturated carbocycles. The first-order valence-electron chi connectivity index (χ1n) is 19.1. The molecule has 0 radical (unpaired) electrons. The van der Waals surface area contributed by atoms with E-state index in [0.717, 1.165) is 41.2 Å².